The van der Waals surface area contributed by atoms with E-state index in [0.29, 0.717) is 47.4 Å². The van der Waals surface area contributed by atoms with Crippen molar-refractivity contribution in [3.05, 3.63) is 69.9 Å². The molecule has 32 heavy (non-hydrogen) atoms. The van der Waals surface area contributed by atoms with Crippen LogP contribution in [0.4, 0.5) is 10.1 Å². The summed E-state index contributed by atoms with van der Waals surface area (Å²) in [5.74, 6) is 0.554. The normalized spacial score (nSPS) is 15.3. The third kappa shape index (κ3) is 4.05. The van der Waals surface area contributed by atoms with Gasteiger partial charge in [-0.05, 0) is 55.6 Å². The lowest BCUT2D eigenvalue weighted by molar-refractivity contribution is 0.287. The molecule has 5 rings (SSSR count). The number of fused-ring (bicyclic) bond motifs is 2. The molecule has 2 aliphatic rings. The molecule has 2 aromatic carbocycles. The molecule has 0 unspecified atom stereocenters. The molecule has 166 valence electrons. The lowest BCUT2D eigenvalue weighted by atomic mass is 9.97. The summed E-state index contributed by atoms with van der Waals surface area (Å²) in [6, 6.07) is 10.1. The number of nitrogens with one attached hydrogen (secondary N) is 1. The standard InChI is InChI=1S/C25H26ClFN4O/c1-15(2)31-7-8-32-25-21(27)11-19(12-22(25)31)24-20(26)14-29-23(30-24)10-16-3-4-18-13-28-6-5-17(18)9-16/h3-4,9,11-12,14-15,28H,5-8,10,13H2,1-2H3. The Kier molecular flexibility index (Phi) is 5.74. The summed E-state index contributed by atoms with van der Waals surface area (Å²) in [5, 5.41) is 3.80. The van der Waals surface area contributed by atoms with Gasteiger partial charge in [0.15, 0.2) is 11.6 Å². The summed E-state index contributed by atoms with van der Waals surface area (Å²) in [5.41, 5.74) is 5.79. The van der Waals surface area contributed by atoms with E-state index in [2.05, 4.69) is 47.2 Å². The van der Waals surface area contributed by atoms with Gasteiger partial charge < -0.3 is 15.0 Å². The Bertz CT molecular complexity index is 1170. The molecule has 1 aromatic heterocycles. The molecule has 0 aliphatic carbocycles. The lowest BCUT2D eigenvalue weighted by Gasteiger charge is -2.34. The zero-order chi connectivity index (χ0) is 22.2. The van der Waals surface area contributed by atoms with Crippen LogP contribution in [0.5, 0.6) is 5.75 Å². The van der Waals surface area contributed by atoms with E-state index in [1.165, 1.54) is 17.2 Å². The number of ether oxygens (including phenoxy) is 1. The lowest BCUT2D eigenvalue weighted by Crippen LogP contribution is -2.38. The van der Waals surface area contributed by atoms with Crippen LogP contribution in [-0.2, 0) is 19.4 Å². The first-order valence-electron chi connectivity index (χ1n) is 11.1. The minimum absolute atomic E-state index is 0.225. The molecule has 0 atom stereocenters. The minimum Gasteiger partial charge on any atom is -0.486 e. The first kappa shape index (κ1) is 21.2. The van der Waals surface area contributed by atoms with E-state index in [1.54, 1.807) is 6.20 Å². The second-order valence-corrected chi connectivity index (χ2v) is 9.04. The quantitative estimate of drug-likeness (QED) is 0.617. The van der Waals surface area contributed by atoms with Gasteiger partial charge >= 0.3 is 0 Å². The van der Waals surface area contributed by atoms with E-state index in [4.69, 9.17) is 21.3 Å². The summed E-state index contributed by atoms with van der Waals surface area (Å²) >= 11 is 6.46. The maximum Gasteiger partial charge on any atom is 0.178 e. The number of benzene rings is 2. The summed E-state index contributed by atoms with van der Waals surface area (Å²) in [6.45, 7) is 7.27. The van der Waals surface area contributed by atoms with Crippen molar-refractivity contribution in [1.29, 1.82) is 0 Å². The fourth-order valence-corrected chi connectivity index (χ4v) is 4.69. The number of halogens is 2. The van der Waals surface area contributed by atoms with Crippen molar-refractivity contribution in [2.75, 3.05) is 24.6 Å². The summed E-state index contributed by atoms with van der Waals surface area (Å²) < 4.78 is 20.6. The van der Waals surface area contributed by atoms with Gasteiger partial charge in [0.1, 0.15) is 12.4 Å². The number of hydrogen-bond acceptors (Lipinski definition) is 5. The van der Waals surface area contributed by atoms with Gasteiger partial charge in [0.05, 0.1) is 22.9 Å². The minimum atomic E-state index is -0.401. The van der Waals surface area contributed by atoms with Gasteiger partial charge in [-0.15, -0.1) is 0 Å². The zero-order valence-corrected chi connectivity index (χ0v) is 19.0. The van der Waals surface area contributed by atoms with E-state index in [0.717, 1.165) is 30.8 Å². The van der Waals surface area contributed by atoms with E-state index in [9.17, 15) is 4.39 Å². The van der Waals surface area contributed by atoms with E-state index >= 15 is 0 Å². The molecule has 0 spiro atoms. The molecule has 5 nitrogen and oxygen atoms in total. The first-order chi connectivity index (χ1) is 15.5. The molecular formula is C25H26ClFN4O. The number of nitrogens with zero attached hydrogens (tertiary/aromatic N) is 3. The fraction of sp³-hybridized carbons (Fsp3) is 0.360. The van der Waals surface area contributed by atoms with Gasteiger partial charge in [-0.3, -0.25) is 0 Å². The molecule has 0 amide bonds. The highest BCUT2D eigenvalue weighted by Gasteiger charge is 2.25. The maximum absolute atomic E-state index is 15.0. The van der Waals surface area contributed by atoms with Crippen LogP contribution < -0.4 is 15.0 Å². The SMILES string of the molecule is CC(C)N1CCOc2c(F)cc(-c3nc(Cc4ccc5c(c4)CCNC5)ncc3Cl)cc21. The van der Waals surface area contributed by atoms with Gasteiger partial charge in [0, 0.05) is 30.8 Å². The Labute approximate surface area is 192 Å². The summed E-state index contributed by atoms with van der Waals surface area (Å²) in [6.07, 6.45) is 3.23. The van der Waals surface area contributed by atoms with Crippen molar-refractivity contribution in [1.82, 2.24) is 15.3 Å². The molecule has 0 radical (unpaired) electrons. The van der Waals surface area contributed by atoms with Gasteiger partial charge in [-0.25, -0.2) is 14.4 Å². The Hall–Kier alpha value is -2.70. The van der Waals surface area contributed by atoms with Crippen molar-refractivity contribution in [2.24, 2.45) is 0 Å². The Morgan fingerprint density at radius 1 is 1.22 bits per heavy atom. The fourth-order valence-electron chi connectivity index (χ4n) is 4.49. The topological polar surface area (TPSA) is 50.3 Å². The van der Waals surface area contributed by atoms with E-state index in [-0.39, 0.29) is 6.04 Å². The molecule has 0 bridgehead atoms. The molecule has 0 saturated carbocycles. The zero-order valence-electron chi connectivity index (χ0n) is 18.3. The molecule has 0 fully saturated rings. The smallest absolute Gasteiger partial charge is 0.178 e. The van der Waals surface area contributed by atoms with Gasteiger partial charge in [-0.2, -0.15) is 0 Å². The second-order valence-electron chi connectivity index (χ2n) is 8.63. The predicted octanol–water partition coefficient (Wildman–Crippen LogP) is 4.78. The van der Waals surface area contributed by atoms with Crippen molar-refractivity contribution < 1.29 is 9.13 Å². The van der Waals surface area contributed by atoms with Crippen LogP contribution in [-0.4, -0.2) is 35.7 Å². The van der Waals surface area contributed by atoms with Crippen LogP contribution in [0.1, 0.15) is 36.4 Å². The largest absolute Gasteiger partial charge is 0.486 e. The van der Waals surface area contributed by atoms with Crippen molar-refractivity contribution in [3.63, 3.8) is 0 Å². The van der Waals surface area contributed by atoms with Crippen LogP contribution in [0.25, 0.3) is 11.3 Å². The Balaban J connectivity index is 1.49. The molecule has 3 heterocycles. The maximum atomic E-state index is 15.0. The van der Waals surface area contributed by atoms with Crippen LogP contribution >= 0.6 is 11.6 Å². The highest BCUT2D eigenvalue weighted by molar-refractivity contribution is 6.32. The monoisotopic (exact) mass is 452 g/mol. The third-order valence-electron chi connectivity index (χ3n) is 6.12. The predicted molar refractivity (Wildman–Crippen MR) is 125 cm³/mol. The van der Waals surface area contributed by atoms with Crippen LogP contribution in [0.3, 0.4) is 0 Å². The summed E-state index contributed by atoms with van der Waals surface area (Å²) in [4.78, 5) is 11.3. The number of aromatic nitrogens is 2. The van der Waals surface area contributed by atoms with Gasteiger partial charge in [0.2, 0.25) is 0 Å². The molecule has 0 saturated heterocycles. The third-order valence-corrected chi connectivity index (χ3v) is 6.40. The number of rotatable bonds is 4. The van der Waals surface area contributed by atoms with Crippen LogP contribution in [0, 0.1) is 5.82 Å². The Morgan fingerprint density at radius 3 is 2.94 bits per heavy atom. The number of hydrogen-bond donors (Lipinski definition) is 1. The molecule has 3 aromatic rings. The molecular weight excluding hydrogens is 427 g/mol. The molecule has 1 N–H and O–H groups in total. The second kappa shape index (κ2) is 8.68. The van der Waals surface area contributed by atoms with E-state index in [1.807, 2.05) is 6.07 Å². The highest BCUT2D eigenvalue weighted by atomic mass is 35.5. The van der Waals surface area contributed by atoms with E-state index < -0.39 is 5.82 Å². The Morgan fingerprint density at radius 2 is 2.09 bits per heavy atom. The van der Waals surface area contributed by atoms with Gasteiger partial charge in [0.25, 0.3) is 0 Å². The first-order valence-corrected chi connectivity index (χ1v) is 11.4. The number of anilines is 1. The molecule has 7 heteroatoms. The highest BCUT2D eigenvalue weighted by Crippen LogP contribution is 2.40. The van der Waals surface area contributed by atoms with Crippen molar-refractivity contribution in [2.45, 2.75) is 39.3 Å². The van der Waals surface area contributed by atoms with Gasteiger partial charge in [-0.1, -0.05) is 29.8 Å². The molecule has 2 aliphatic heterocycles. The van der Waals surface area contributed by atoms with Crippen molar-refractivity contribution >= 4 is 17.3 Å². The average Bonchev–Trinajstić information content (AvgIpc) is 2.79. The van der Waals surface area contributed by atoms with Crippen LogP contribution in [0.2, 0.25) is 5.02 Å². The van der Waals surface area contributed by atoms with Crippen LogP contribution in [0.15, 0.2) is 36.5 Å². The average molecular weight is 453 g/mol. The summed E-state index contributed by atoms with van der Waals surface area (Å²) in [7, 11) is 0. The van der Waals surface area contributed by atoms with Crippen molar-refractivity contribution in [3.8, 4) is 17.0 Å².